The number of hydrogen-bond acceptors (Lipinski definition) is 2. The topological polar surface area (TPSA) is 21.3 Å². The molecule has 1 rings (SSSR count). The summed E-state index contributed by atoms with van der Waals surface area (Å²) in [4.78, 5) is 0. The van der Waals surface area contributed by atoms with Crippen LogP contribution in [0.15, 0.2) is 18.2 Å². The number of benzene rings is 1. The number of anilines is 1. The molecule has 0 bridgehead atoms. The van der Waals surface area contributed by atoms with Gasteiger partial charge in [-0.1, -0.05) is 26.0 Å². The van der Waals surface area contributed by atoms with Gasteiger partial charge in [0.2, 0.25) is 0 Å². The maximum absolute atomic E-state index is 13.6. The van der Waals surface area contributed by atoms with Crippen molar-refractivity contribution in [2.75, 3.05) is 19.0 Å². The van der Waals surface area contributed by atoms with Gasteiger partial charge in [-0.05, 0) is 24.5 Å². The van der Waals surface area contributed by atoms with E-state index in [1.807, 2.05) is 13.0 Å². The fourth-order valence-corrected chi connectivity index (χ4v) is 1.58. The van der Waals surface area contributed by atoms with Gasteiger partial charge in [-0.3, -0.25) is 0 Å². The molecule has 0 saturated carbocycles. The lowest BCUT2D eigenvalue weighted by atomic mass is 10.0. The van der Waals surface area contributed by atoms with E-state index in [-0.39, 0.29) is 11.9 Å². The Morgan fingerprint density at radius 3 is 2.56 bits per heavy atom. The van der Waals surface area contributed by atoms with E-state index in [0.717, 1.165) is 5.56 Å². The van der Waals surface area contributed by atoms with E-state index >= 15 is 0 Å². The monoisotopic (exact) mass is 225 g/mol. The lowest BCUT2D eigenvalue weighted by Crippen LogP contribution is -2.31. The first-order valence-corrected chi connectivity index (χ1v) is 5.56. The van der Waals surface area contributed by atoms with Gasteiger partial charge in [0.05, 0.1) is 18.3 Å². The second kappa shape index (κ2) is 5.85. The van der Waals surface area contributed by atoms with Crippen LogP contribution in [-0.2, 0) is 4.74 Å². The van der Waals surface area contributed by atoms with Crippen molar-refractivity contribution >= 4 is 5.69 Å². The first-order chi connectivity index (χ1) is 7.56. The van der Waals surface area contributed by atoms with Gasteiger partial charge in [0.15, 0.2) is 0 Å². The number of halogens is 1. The second-order valence-electron chi connectivity index (χ2n) is 4.38. The molecule has 1 atom stereocenters. The van der Waals surface area contributed by atoms with Gasteiger partial charge in [0.25, 0.3) is 0 Å². The molecule has 0 spiro atoms. The molecule has 2 nitrogen and oxygen atoms in total. The molecule has 0 aliphatic carbocycles. The van der Waals surface area contributed by atoms with Crippen LogP contribution in [0.4, 0.5) is 10.1 Å². The summed E-state index contributed by atoms with van der Waals surface area (Å²) in [6.07, 6.45) is 0. The zero-order chi connectivity index (χ0) is 12.1. The summed E-state index contributed by atoms with van der Waals surface area (Å²) in [5.41, 5.74) is 1.50. The first-order valence-electron chi connectivity index (χ1n) is 5.56. The summed E-state index contributed by atoms with van der Waals surface area (Å²) in [5.74, 6) is 0.181. The quantitative estimate of drug-likeness (QED) is 0.830. The molecule has 0 amide bonds. The standard InChI is InChI=1S/C13H20FNO/c1-9(2)12(8-16-4)15-13-10(3)6-5-7-11(13)14/h5-7,9,12,15H,8H2,1-4H3. The molecule has 3 heteroatoms. The van der Waals surface area contributed by atoms with Crippen LogP contribution >= 0.6 is 0 Å². The number of para-hydroxylation sites is 1. The third kappa shape index (κ3) is 3.20. The van der Waals surface area contributed by atoms with Crippen LogP contribution in [0.1, 0.15) is 19.4 Å². The van der Waals surface area contributed by atoms with E-state index in [0.29, 0.717) is 18.2 Å². The number of rotatable bonds is 5. The Bertz CT molecular complexity index is 318. The van der Waals surface area contributed by atoms with Gasteiger partial charge in [0, 0.05) is 7.11 Å². The minimum atomic E-state index is -0.207. The van der Waals surface area contributed by atoms with Gasteiger partial charge in [-0.25, -0.2) is 4.39 Å². The molecule has 16 heavy (non-hydrogen) atoms. The molecule has 0 fully saturated rings. The molecule has 0 aliphatic heterocycles. The normalized spacial score (nSPS) is 12.9. The highest BCUT2D eigenvalue weighted by atomic mass is 19.1. The van der Waals surface area contributed by atoms with Crippen molar-refractivity contribution in [2.24, 2.45) is 5.92 Å². The van der Waals surface area contributed by atoms with Gasteiger partial charge in [-0.15, -0.1) is 0 Å². The van der Waals surface area contributed by atoms with Crippen molar-refractivity contribution in [3.05, 3.63) is 29.6 Å². The molecular weight excluding hydrogens is 205 g/mol. The molecule has 1 aromatic carbocycles. The van der Waals surface area contributed by atoms with Gasteiger partial charge in [0.1, 0.15) is 5.82 Å². The highest BCUT2D eigenvalue weighted by Crippen LogP contribution is 2.21. The third-order valence-electron chi connectivity index (χ3n) is 2.70. The predicted molar refractivity (Wildman–Crippen MR) is 65.3 cm³/mol. The lowest BCUT2D eigenvalue weighted by Gasteiger charge is -2.24. The molecular formula is C13H20FNO. The summed E-state index contributed by atoms with van der Waals surface area (Å²) < 4.78 is 18.7. The lowest BCUT2D eigenvalue weighted by molar-refractivity contribution is 0.171. The summed E-state index contributed by atoms with van der Waals surface area (Å²) in [7, 11) is 1.66. The molecule has 0 aromatic heterocycles. The smallest absolute Gasteiger partial charge is 0.146 e. The van der Waals surface area contributed by atoms with Crippen molar-refractivity contribution in [1.82, 2.24) is 0 Å². The fraction of sp³-hybridized carbons (Fsp3) is 0.538. The van der Waals surface area contributed by atoms with Gasteiger partial charge in [-0.2, -0.15) is 0 Å². The van der Waals surface area contributed by atoms with Crippen LogP contribution in [-0.4, -0.2) is 19.8 Å². The minimum Gasteiger partial charge on any atom is -0.383 e. The van der Waals surface area contributed by atoms with Crippen LogP contribution in [0.25, 0.3) is 0 Å². The average Bonchev–Trinajstić information content (AvgIpc) is 2.21. The Hall–Kier alpha value is -1.09. The van der Waals surface area contributed by atoms with Crippen molar-refractivity contribution in [1.29, 1.82) is 0 Å². The molecule has 1 unspecified atom stereocenters. The number of ether oxygens (including phenoxy) is 1. The number of hydrogen-bond donors (Lipinski definition) is 1. The van der Waals surface area contributed by atoms with E-state index in [2.05, 4.69) is 19.2 Å². The molecule has 1 N–H and O–H groups in total. The molecule has 0 aliphatic rings. The van der Waals surface area contributed by atoms with Crippen LogP contribution in [0, 0.1) is 18.7 Å². The summed E-state index contributed by atoms with van der Waals surface area (Å²) in [6, 6.07) is 5.21. The van der Waals surface area contributed by atoms with Crippen molar-refractivity contribution in [2.45, 2.75) is 26.8 Å². The Morgan fingerprint density at radius 2 is 2.06 bits per heavy atom. The number of methoxy groups -OCH3 is 1. The largest absolute Gasteiger partial charge is 0.383 e. The molecule has 0 heterocycles. The summed E-state index contributed by atoms with van der Waals surface area (Å²) in [5, 5.41) is 3.22. The van der Waals surface area contributed by atoms with Crippen LogP contribution < -0.4 is 5.32 Å². The zero-order valence-corrected chi connectivity index (χ0v) is 10.4. The van der Waals surface area contributed by atoms with Gasteiger partial charge >= 0.3 is 0 Å². The predicted octanol–water partition coefficient (Wildman–Crippen LogP) is 3.22. The Balaban J connectivity index is 2.84. The molecule has 0 saturated heterocycles. The van der Waals surface area contributed by atoms with E-state index in [1.54, 1.807) is 13.2 Å². The number of aryl methyl sites for hydroxylation is 1. The molecule has 0 radical (unpaired) electrons. The van der Waals surface area contributed by atoms with Gasteiger partial charge < -0.3 is 10.1 Å². The SMILES string of the molecule is COCC(Nc1c(C)cccc1F)C(C)C. The van der Waals surface area contributed by atoms with E-state index < -0.39 is 0 Å². The Morgan fingerprint density at radius 1 is 1.38 bits per heavy atom. The summed E-state index contributed by atoms with van der Waals surface area (Å²) >= 11 is 0. The minimum absolute atomic E-state index is 0.126. The summed E-state index contributed by atoms with van der Waals surface area (Å²) in [6.45, 7) is 6.65. The van der Waals surface area contributed by atoms with Crippen LogP contribution in [0.3, 0.4) is 0 Å². The fourth-order valence-electron chi connectivity index (χ4n) is 1.58. The van der Waals surface area contributed by atoms with E-state index in [1.165, 1.54) is 6.07 Å². The molecule has 1 aromatic rings. The van der Waals surface area contributed by atoms with E-state index in [9.17, 15) is 4.39 Å². The van der Waals surface area contributed by atoms with Crippen molar-refractivity contribution in [3.8, 4) is 0 Å². The highest BCUT2D eigenvalue weighted by molar-refractivity contribution is 5.52. The molecule has 90 valence electrons. The zero-order valence-electron chi connectivity index (χ0n) is 10.4. The average molecular weight is 225 g/mol. The highest BCUT2D eigenvalue weighted by Gasteiger charge is 2.15. The van der Waals surface area contributed by atoms with Crippen LogP contribution in [0.5, 0.6) is 0 Å². The van der Waals surface area contributed by atoms with Crippen molar-refractivity contribution in [3.63, 3.8) is 0 Å². The third-order valence-corrected chi connectivity index (χ3v) is 2.70. The van der Waals surface area contributed by atoms with Crippen LogP contribution in [0.2, 0.25) is 0 Å². The van der Waals surface area contributed by atoms with E-state index in [4.69, 9.17) is 4.74 Å². The number of nitrogens with one attached hydrogen (secondary N) is 1. The van der Waals surface area contributed by atoms with Crippen molar-refractivity contribution < 1.29 is 9.13 Å². The maximum atomic E-state index is 13.6. The second-order valence-corrected chi connectivity index (χ2v) is 4.38. The maximum Gasteiger partial charge on any atom is 0.146 e. The Labute approximate surface area is 96.8 Å². The Kier molecular flexibility index (Phi) is 4.74. The first kappa shape index (κ1) is 13.0.